The van der Waals surface area contributed by atoms with Crippen LogP contribution in [0.2, 0.25) is 0 Å². The molecule has 4 heteroatoms. The van der Waals surface area contributed by atoms with E-state index in [9.17, 15) is 0 Å². The predicted molar refractivity (Wildman–Crippen MR) is 70.2 cm³/mol. The number of aromatic nitrogens is 2. The molecule has 2 rings (SSSR count). The highest BCUT2D eigenvalue weighted by Gasteiger charge is 2.26. The van der Waals surface area contributed by atoms with Gasteiger partial charge in [0.15, 0.2) is 0 Å². The standard InChI is InChI=1S/C13H22N4/c1-13(2,8-14)17(3)12-10-6-4-5-7-11(10)15-9-16-12/h9H,4-8,14H2,1-3H3. The van der Waals surface area contributed by atoms with Gasteiger partial charge in [0.2, 0.25) is 0 Å². The molecule has 1 aromatic rings. The van der Waals surface area contributed by atoms with Crippen molar-refractivity contribution in [2.45, 2.75) is 45.1 Å². The Kier molecular flexibility index (Phi) is 3.33. The number of likely N-dealkylation sites (N-methyl/N-ethyl adjacent to an activating group) is 1. The first kappa shape index (κ1) is 12.3. The van der Waals surface area contributed by atoms with Gasteiger partial charge in [-0.05, 0) is 39.5 Å². The van der Waals surface area contributed by atoms with Crippen molar-refractivity contribution in [1.82, 2.24) is 9.97 Å². The third-order valence-electron chi connectivity index (χ3n) is 3.83. The maximum absolute atomic E-state index is 5.84. The normalized spacial score (nSPS) is 15.5. The number of hydrogen-bond acceptors (Lipinski definition) is 4. The summed E-state index contributed by atoms with van der Waals surface area (Å²) in [6.45, 7) is 4.90. The average molecular weight is 234 g/mol. The summed E-state index contributed by atoms with van der Waals surface area (Å²) in [5, 5.41) is 0. The molecule has 0 atom stereocenters. The molecule has 0 fully saturated rings. The minimum atomic E-state index is -0.0699. The fraction of sp³-hybridized carbons (Fsp3) is 0.692. The molecule has 4 nitrogen and oxygen atoms in total. The zero-order valence-electron chi connectivity index (χ0n) is 11.0. The van der Waals surface area contributed by atoms with Gasteiger partial charge in [0.1, 0.15) is 12.1 Å². The summed E-state index contributed by atoms with van der Waals surface area (Å²) in [4.78, 5) is 11.1. The number of rotatable bonds is 3. The van der Waals surface area contributed by atoms with E-state index in [-0.39, 0.29) is 5.54 Å². The van der Waals surface area contributed by atoms with Crippen molar-refractivity contribution < 1.29 is 0 Å². The number of fused-ring (bicyclic) bond motifs is 1. The van der Waals surface area contributed by atoms with Gasteiger partial charge in [-0.15, -0.1) is 0 Å². The second-order valence-corrected chi connectivity index (χ2v) is 5.41. The average Bonchev–Trinajstić information content (AvgIpc) is 2.37. The van der Waals surface area contributed by atoms with E-state index in [2.05, 4.69) is 35.8 Å². The number of hydrogen-bond donors (Lipinski definition) is 1. The quantitative estimate of drug-likeness (QED) is 0.861. The summed E-state index contributed by atoms with van der Waals surface area (Å²) in [6.07, 6.45) is 6.35. The molecule has 0 radical (unpaired) electrons. The molecule has 2 N–H and O–H groups in total. The lowest BCUT2D eigenvalue weighted by molar-refractivity contribution is 0.490. The Labute approximate surface area is 103 Å². The van der Waals surface area contributed by atoms with Gasteiger partial charge in [0.05, 0.1) is 0 Å². The van der Waals surface area contributed by atoms with E-state index in [0.29, 0.717) is 6.54 Å². The van der Waals surface area contributed by atoms with Crippen LogP contribution >= 0.6 is 0 Å². The predicted octanol–water partition coefficient (Wildman–Crippen LogP) is 1.53. The van der Waals surface area contributed by atoms with Gasteiger partial charge < -0.3 is 10.6 Å². The van der Waals surface area contributed by atoms with Crippen LogP contribution in [0.15, 0.2) is 6.33 Å². The molecular weight excluding hydrogens is 212 g/mol. The third-order valence-corrected chi connectivity index (χ3v) is 3.83. The number of nitrogens with two attached hydrogens (primary N) is 1. The van der Waals surface area contributed by atoms with Crippen molar-refractivity contribution in [2.75, 3.05) is 18.5 Å². The van der Waals surface area contributed by atoms with E-state index in [0.717, 1.165) is 18.7 Å². The highest BCUT2D eigenvalue weighted by molar-refractivity contribution is 5.50. The Morgan fingerprint density at radius 1 is 1.29 bits per heavy atom. The molecule has 0 saturated carbocycles. The lowest BCUT2D eigenvalue weighted by Crippen LogP contribution is -2.48. The molecular formula is C13H22N4. The van der Waals surface area contributed by atoms with Gasteiger partial charge in [-0.2, -0.15) is 0 Å². The van der Waals surface area contributed by atoms with Gasteiger partial charge in [0.25, 0.3) is 0 Å². The van der Waals surface area contributed by atoms with E-state index < -0.39 is 0 Å². The van der Waals surface area contributed by atoms with Crippen molar-refractivity contribution in [3.63, 3.8) is 0 Å². The van der Waals surface area contributed by atoms with Gasteiger partial charge in [-0.25, -0.2) is 9.97 Å². The largest absolute Gasteiger partial charge is 0.353 e. The van der Waals surface area contributed by atoms with Crippen LogP contribution < -0.4 is 10.6 Å². The Bertz CT molecular complexity index is 400. The number of aryl methyl sites for hydroxylation is 1. The molecule has 17 heavy (non-hydrogen) atoms. The van der Waals surface area contributed by atoms with Crippen molar-refractivity contribution in [3.8, 4) is 0 Å². The number of anilines is 1. The van der Waals surface area contributed by atoms with E-state index in [1.54, 1.807) is 6.33 Å². The Hall–Kier alpha value is -1.16. The first-order chi connectivity index (χ1) is 8.06. The number of nitrogens with zero attached hydrogens (tertiary/aromatic N) is 3. The van der Waals surface area contributed by atoms with Crippen LogP contribution in [0, 0.1) is 0 Å². The highest BCUT2D eigenvalue weighted by atomic mass is 15.2. The molecule has 1 aliphatic carbocycles. The molecule has 1 aliphatic rings. The van der Waals surface area contributed by atoms with E-state index in [1.165, 1.54) is 24.1 Å². The van der Waals surface area contributed by atoms with Crippen molar-refractivity contribution in [1.29, 1.82) is 0 Å². The van der Waals surface area contributed by atoms with Crippen LogP contribution in [-0.2, 0) is 12.8 Å². The van der Waals surface area contributed by atoms with E-state index in [1.807, 2.05) is 0 Å². The lowest BCUT2D eigenvalue weighted by Gasteiger charge is -2.37. The lowest BCUT2D eigenvalue weighted by atomic mass is 9.95. The van der Waals surface area contributed by atoms with Crippen LogP contribution in [0.1, 0.15) is 37.9 Å². The molecule has 0 amide bonds. The molecule has 0 unspecified atom stereocenters. The van der Waals surface area contributed by atoms with Gasteiger partial charge in [-0.1, -0.05) is 0 Å². The van der Waals surface area contributed by atoms with E-state index in [4.69, 9.17) is 5.73 Å². The van der Waals surface area contributed by atoms with Gasteiger partial charge in [-0.3, -0.25) is 0 Å². The molecule has 1 heterocycles. The monoisotopic (exact) mass is 234 g/mol. The Morgan fingerprint density at radius 3 is 2.71 bits per heavy atom. The summed E-state index contributed by atoms with van der Waals surface area (Å²) < 4.78 is 0. The summed E-state index contributed by atoms with van der Waals surface area (Å²) in [7, 11) is 2.07. The smallest absolute Gasteiger partial charge is 0.135 e. The zero-order valence-corrected chi connectivity index (χ0v) is 11.0. The summed E-state index contributed by atoms with van der Waals surface area (Å²) in [6, 6.07) is 0. The SMILES string of the molecule is CN(c1ncnc2c1CCCC2)C(C)(C)CN. The van der Waals surface area contributed by atoms with Crippen LogP contribution in [0.4, 0.5) is 5.82 Å². The van der Waals surface area contributed by atoms with Crippen LogP contribution in [0.5, 0.6) is 0 Å². The second kappa shape index (κ2) is 4.61. The summed E-state index contributed by atoms with van der Waals surface area (Å²) in [5.74, 6) is 1.06. The topological polar surface area (TPSA) is 55.0 Å². The molecule has 94 valence electrons. The summed E-state index contributed by atoms with van der Waals surface area (Å²) in [5.41, 5.74) is 8.31. The van der Waals surface area contributed by atoms with Gasteiger partial charge >= 0.3 is 0 Å². The Morgan fingerprint density at radius 2 is 2.00 bits per heavy atom. The fourth-order valence-electron chi connectivity index (χ4n) is 2.22. The molecule has 0 saturated heterocycles. The van der Waals surface area contributed by atoms with E-state index >= 15 is 0 Å². The minimum absolute atomic E-state index is 0.0699. The van der Waals surface area contributed by atoms with Crippen LogP contribution in [-0.4, -0.2) is 29.1 Å². The van der Waals surface area contributed by atoms with Crippen molar-refractivity contribution >= 4 is 5.82 Å². The van der Waals surface area contributed by atoms with Crippen molar-refractivity contribution in [2.24, 2.45) is 5.73 Å². The summed E-state index contributed by atoms with van der Waals surface area (Å²) >= 11 is 0. The zero-order chi connectivity index (χ0) is 12.5. The third kappa shape index (κ3) is 2.27. The molecule has 0 aromatic carbocycles. The highest BCUT2D eigenvalue weighted by Crippen LogP contribution is 2.29. The fourth-order valence-corrected chi connectivity index (χ4v) is 2.22. The molecule has 0 bridgehead atoms. The maximum Gasteiger partial charge on any atom is 0.135 e. The van der Waals surface area contributed by atoms with Crippen molar-refractivity contribution in [3.05, 3.63) is 17.6 Å². The maximum atomic E-state index is 5.84. The van der Waals surface area contributed by atoms with Gasteiger partial charge in [0, 0.05) is 30.4 Å². The van der Waals surface area contributed by atoms with Crippen LogP contribution in [0.3, 0.4) is 0 Å². The minimum Gasteiger partial charge on any atom is -0.353 e. The Balaban J connectivity index is 2.39. The second-order valence-electron chi connectivity index (χ2n) is 5.41. The molecule has 1 aromatic heterocycles. The molecule has 0 aliphatic heterocycles. The van der Waals surface area contributed by atoms with Crippen LogP contribution in [0.25, 0.3) is 0 Å². The molecule has 0 spiro atoms. The first-order valence-corrected chi connectivity index (χ1v) is 6.33. The first-order valence-electron chi connectivity index (χ1n) is 6.33.